The number of aromatic nitrogens is 1. The van der Waals surface area contributed by atoms with Gasteiger partial charge >= 0.3 is 0 Å². The molecule has 2 nitrogen and oxygen atoms in total. The molecule has 108 valence electrons. The van der Waals surface area contributed by atoms with Crippen LogP contribution in [0, 0.1) is 18.6 Å². The van der Waals surface area contributed by atoms with Crippen LogP contribution in [0.15, 0.2) is 23.7 Å². The van der Waals surface area contributed by atoms with E-state index in [9.17, 15) is 8.78 Å². The van der Waals surface area contributed by atoms with Crippen LogP contribution in [0.3, 0.4) is 0 Å². The zero-order chi connectivity index (χ0) is 14.5. The minimum atomic E-state index is -0.406. The lowest BCUT2D eigenvalue weighted by Crippen LogP contribution is -2.24. The third-order valence-corrected chi connectivity index (χ3v) is 4.22. The highest BCUT2D eigenvalue weighted by atomic mass is 32.1. The summed E-state index contributed by atoms with van der Waals surface area (Å²) in [4.78, 5) is 5.32. The van der Waals surface area contributed by atoms with E-state index in [1.165, 1.54) is 12.1 Å². The van der Waals surface area contributed by atoms with Gasteiger partial charge in [-0.25, -0.2) is 13.8 Å². The third-order valence-electron chi connectivity index (χ3n) is 3.17. The van der Waals surface area contributed by atoms with Crippen molar-refractivity contribution in [1.29, 1.82) is 0 Å². The van der Waals surface area contributed by atoms with Gasteiger partial charge in [0.2, 0.25) is 0 Å². The summed E-state index contributed by atoms with van der Waals surface area (Å²) < 4.78 is 27.1. The maximum absolute atomic E-state index is 13.8. The Morgan fingerprint density at radius 2 is 2.15 bits per heavy atom. The Morgan fingerprint density at radius 1 is 1.35 bits per heavy atom. The number of nitrogens with zero attached hydrogens (tertiary/aromatic N) is 1. The fourth-order valence-corrected chi connectivity index (χ4v) is 3.02. The van der Waals surface area contributed by atoms with Crippen LogP contribution in [0.1, 0.15) is 35.5 Å². The lowest BCUT2D eigenvalue weighted by atomic mass is 10.0. The molecule has 0 spiro atoms. The average Bonchev–Trinajstić information content (AvgIpc) is 2.84. The van der Waals surface area contributed by atoms with Crippen LogP contribution in [0.5, 0.6) is 0 Å². The number of aryl methyl sites for hydroxylation is 1. The highest BCUT2D eigenvalue weighted by molar-refractivity contribution is 7.09. The molecule has 1 N–H and O–H groups in total. The van der Waals surface area contributed by atoms with E-state index in [2.05, 4.69) is 17.2 Å². The second-order valence-electron chi connectivity index (χ2n) is 4.75. The van der Waals surface area contributed by atoms with E-state index in [0.29, 0.717) is 12.0 Å². The summed E-state index contributed by atoms with van der Waals surface area (Å²) in [6.07, 6.45) is 1.41. The van der Waals surface area contributed by atoms with E-state index in [0.717, 1.165) is 29.6 Å². The van der Waals surface area contributed by atoms with Gasteiger partial charge in [-0.2, -0.15) is 0 Å². The second kappa shape index (κ2) is 6.90. The van der Waals surface area contributed by atoms with Gasteiger partial charge < -0.3 is 5.32 Å². The number of halogens is 2. The maximum Gasteiger partial charge on any atom is 0.126 e. The quantitative estimate of drug-likeness (QED) is 0.871. The SMILES string of the molecule is CCCNC(Cc1cc(F)ccc1F)c1scnc1C. The molecule has 1 aromatic heterocycles. The molecule has 0 saturated heterocycles. The van der Waals surface area contributed by atoms with Crippen molar-refractivity contribution in [1.82, 2.24) is 10.3 Å². The van der Waals surface area contributed by atoms with Gasteiger partial charge in [-0.15, -0.1) is 11.3 Å². The van der Waals surface area contributed by atoms with Gasteiger partial charge in [0.15, 0.2) is 0 Å². The van der Waals surface area contributed by atoms with E-state index in [-0.39, 0.29) is 11.9 Å². The molecular formula is C15H18F2N2S. The minimum absolute atomic E-state index is 0.0289. The Labute approximate surface area is 121 Å². The molecule has 0 fully saturated rings. The molecule has 1 heterocycles. The second-order valence-corrected chi connectivity index (χ2v) is 5.63. The zero-order valence-corrected chi connectivity index (χ0v) is 12.4. The van der Waals surface area contributed by atoms with Gasteiger partial charge in [-0.3, -0.25) is 0 Å². The van der Waals surface area contributed by atoms with Gasteiger partial charge in [0, 0.05) is 10.9 Å². The van der Waals surface area contributed by atoms with Crippen molar-refractivity contribution in [3.8, 4) is 0 Å². The molecule has 0 aliphatic heterocycles. The van der Waals surface area contributed by atoms with E-state index in [4.69, 9.17) is 0 Å². The Balaban J connectivity index is 2.23. The molecule has 0 bridgehead atoms. The third kappa shape index (κ3) is 3.61. The normalized spacial score (nSPS) is 12.6. The first-order valence-electron chi connectivity index (χ1n) is 6.69. The fourth-order valence-electron chi connectivity index (χ4n) is 2.14. The van der Waals surface area contributed by atoms with Crippen LogP contribution in [0.2, 0.25) is 0 Å². The predicted molar refractivity (Wildman–Crippen MR) is 77.9 cm³/mol. The standard InChI is InChI=1S/C15H18F2N2S/c1-3-6-18-14(15-10(2)19-9-20-15)8-11-7-12(16)4-5-13(11)17/h4-5,7,9,14,18H,3,6,8H2,1-2H3. The molecule has 1 aromatic carbocycles. The summed E-state index contributed by atoms with van der Waals surface area (Å²) >= 11 is 1.55. The topological polar surface area (TPSA) is 24.9 Å². The lowest BCUT2D eigenvalue weighted by molar-refractivity contribution is 0.512. The molecule has 2 aromatic rings. The van der Waals surface area contributed by atoms with Gasteiger partial charge in [-0.05, 0) is 50.1 Å². The van der Waals surface area contributed by atoms with Crippen LogP contribution in [-0.4, -0.2) is 11.5 Å². The van der Waals surface area contributed by atoms with Gasteiger partial charge in [0.1, 0.15) is 11.6 Å². The summed E-state index contributed by atoms with van der Waals surface area (Å²) in [6, 6.07) is 3.57. The van der Waals surface area contributed by atoms with E-state index in [1.807, 2.05) is 6.92 Å². The smallest absolute Gasteiger partial charge is 0.126 e. The van der Waals surface area contributed by atoms with Crippen molar-refractivity contribution in [2.45, 2.75) is 32.7 Å². The summed E-state index contributed by atoms with van der Waals surface area (Å²) in [5.74, 6) is -0.770. The Morgan fingerprint density at radius 3 is 2.80 bits per heavy atom. The Bertz CT molecular complexity index is 569. The van der Waals surface area contributed by atoms with Gasteiger partial charge in [0.25, 0.3) is 0 Å². The van der Waals surface area contributed by atoms with Crippen molar-refractivity contribution in [2.75, 3.05) is 6.54 Å². The van der Waals surface area contributed by atoms with Crippen molar-refractivity contribution >= 4 is 11.3 Å². The summed E-state index contributed by atoms with van der Waals surface area (Å²) in [6.45, 7) is 4.85. The fraction of sp³-hybridized carbons (Fsp3) is 0.400. The summed E-state index contributed by atoms with van der Waals surface area (Å²) in [5, 5.41) is 3.39. The molecule has 0 amide bonds. The van der Waals surface area contributed by atoms with Crippen LogP contribution in [0.4, 0.5) is 8.78 Å². The molecule has 2 rings (SSSR count). The Kier molecular flexibility index (Phi) is 5.20. The number of hydrogen-bond acceptors (Lipinski definition) is 3. The number of rotatable bonds is 6. The summed E-state index contributed by atoms with van der Waals surface area (Å²) in [5.41, 5.74) is 3.12. The predicted octanol–water partition coefficient (Wildman–Crippen LogP) is 4.01. The number of benzene rings is 1. The van der Waals surface area contributed by atoms with Crippen molar-refractivity contribution in [3.05, 3.63) is 51.5 Å². The molecule has 0 aliphatic rings. The van der Waals surface area contributed by atoms with Crippen LogP contribution in [-0.2, 0) is 6.42 Å². The van der Waals surface area contributed by atoms with Gasteiger partial charge in [0.05, 0.1) is 11.2 Å². The molecule has 0 saturated carbocycles. The van der Waals surface area contributed by atoms with E-state index in [1.54, 1.807) is 16.8 Å². The molecule has 1 atom stereocenters. The number of nitrogens with one attached hydrogen (secondary N) is 1. The first kappa shape index (κ1) is 15.1. The van der Waals surface area contributed by atoms with Crippen molar-refractivity contribution < 1.29 is 8.78 Å². The van der Waals surface area contributed by atoms with Crippen molar-refractivity contribution in [2.24, 2.45) is 0 Å². The minimum Gasteiger partial charge on any atom is -0.309 e. The largest absolute Gasteiger partial charge is 0.309 e. The average molecular weight is 296 g/mol. The Hall–Kier alpha value is -1.33. The number of thiazole rings is 1. The van der Waals surface area contributed by atoms with Gasteiger partial charge in [-0.1, -0.05) is 6.92 Å². The van der Waals surface area contributed by atoms with Crippen LogP contribution < -0.4 is 5.32 Å². The monoisotopic (exact) mass is 296 g/mol. The van der Waals surface area contributed by atoms with E-state index >= 15 is 0 Å². The van der Waals surface area contributed by atoms with E-state index < -0.39 is 5.82 Å². The zero-order valence-electron chi connectivity index (χ0n) is 11.6. The summed E-state index contributed by atoms with van der Waals surface area (Å²) in [7, 11) is 0. The lowest BCUT2D eigenvalue weighted by Gasteiger charge is -2.18. The maximum atomic E-state index is 13.8. The molecular weight excluding hydrogens is 278 g/mol. The molecule has 0 radical (unpaired) electrons. The first-order chi connectivity index (χ1) is 9.61. The molecule has 0 aliphatic carbocycles. The highest BCUT2D eigenvalue weighted by Gasteiger charge is 2.18. The molecule has 1 unspecified atom stereocenters. The molecule has 5 heteroatoms. The van der Waals surface area contributed by atoms with Crippen LogP contribution in [0.25, 0.3) is 0 Å². The number of hydrogen-bond donors (Lipinski definition) is 1. The first-order valence-corrected chi connectivity index (χ1v) is 7.57. The highest BCUT2D eigenvalue weighted by Crippen LogP contribution is 2.26. The van der Waals surface area contributed by atoms with Crippen molar-refractivity contribution in [3.63, 3.8) is 0 Å². The van der Waals surface area contributed by atoms with Crippen LogP contribution >= 0.6 is 11.3 Å². The molecule has 20 heavy (non-hydrogen) atoms.